The Morgan fingerprint density at radius 1 is 1.12 bits per heavy atom. The lowest BCUT2D eigenvalue weighted by Gasteiger charge is -2.15. The summed E-state index contributed by atoms with van der Waals surface area (Å²) in [6.07, 6.45) is -4.98. The van der Waals surface area contributed by atoms with Crippen LogP contribution >= 0.6 is 11.6 Å². The fourth-order valence-electron chi connectivity index (χ4n) is 2.09. The number of carbonyl (C=O) groups is 1. The first kappa shape index (κ1) is 20.1. The fourth-order valence-corrected chi connectivity index (χ4v) is 3.41. The second kappa shape index (κ2) is 7.16. The molecule has 0 aliphatic rings. The Balaban J connectivity index is 2.60. The molecule has 0 aliphatic carbocycles. The van der Waals surface area contributed by atoms with E-state index in [1.54, 1.807) is 0 Å². The Hall–Kier alpha value is -2.26. The van der Waals surface area contributed by atoms with Gasteiger partial charge in [-0.25, -0.2) is 0 Å². The van der Waals surface area contributed by atoms with Gasteiger partial charge in [0.25, 0.3) is 0 Å². The van der Waals surface area contributed by atoms with Crippen LogP contribution in [0.25, 0.3) is 0 Å². The summed E-state index contributed by atoms with van der Waals surface area (Å²) >= 11 is 5.54. The third-order valence-corrected chi connectivity index (χ3v) is 4.81. The van der Waals surface area contributed by atoms with Crippen LogP contribution in [0.1, 0.15) is 22.8 Å². The van der Waals surface area contributed by atoms with Gasteiger partial charge in [0.15, 0.2) is 11.5 Å². The molecule has 2 aromatic carbocycles. The van der Waals surface area contributed by atoms with Gasteiger partial charge in [-0.2, -0.15) is 21.6 Å². The summed E-state index contributed by atoms with van der Waals surface area (Å²) < 4.78 is 74.1. The van der Waals surface area contributed by atoms with Gasteiger partial charge in [-0.3, -0.25) is 4.79 Å². The van der Waals surface area contributed by atoms with Gasteiger partial charge in [0.05, 0.1) is 18.2 Å². The Bertz CT molecular complexity index is 955. The van der Waals surface area contributed by atoms with Crippen molar-refractivity contribution in [1.29, 1.82) is 0 Å². The van der Waals surface area contributed by atoms with Crippen molar-refractivity contribution in [2.75, 3.05) is 7.11 Å². The quantitative estimate of drug-likeness (QED) is 0.543. The highest BCUT2D eigenvalue weighted by molar-refractivity contribution is 7.87. The standard InChI is InChI=1S/C16H12ClF3O5S/c1-9(21)12-5-4-11(24-2)8-14(12)25-26(22,23)15-6-3-10(17)7-13(15)16(18,19)20/h3-8H,1-2H3. The summed E-state index contributed by atoms with van der Waals surface area (Å²) in [6, 6.07) is 5.89. The van der Waals surface area contributed by atoms with Crippen molar-refractivity contribution in [3.63, 3.8) is 0 Å². The van der Waals surface area contributed by atoms with Crippen LogP contribution in [0, 0.1) is 0 Å². The van der Waals surface area contributed by atoms with Gasteiger partial charge in [0, 0.05) is 11.1 Å². The maximum Gasteiger partial charge on any atom is 0.417 e. The van der Waals surface area contributed by atoms with Gasteiger partial charge < -0.3 is 8.92 Å². The number of halogens is 4. The molecule has 0 aliphatic heterocycles. The van der Waals surface area contributed by atoms with Crippen LogP contribution in [0.15, 0.2) is 41.3 Å². The number of methoxy groups -OCH3 is 1. The molecule has 5 nitrogen and oxygen atoms in total. The SMILES string of the molecule is COc1ccc(C(C)=O)c(OS(=O)(=O)c2ccc(Cl)cc2C(F)(F)F)c1. The van der Waals surface area contributed by atoms with Gasteiger partial charge in [-0.1, -0.05) is 11.6 Å². The van der Waals surface area contributed by atoms with Crippen LogP contribution in [0.3, 0.4) is 0 Å². The summed E-state index contributed by atoms with van der Waals surface area (Å²) in [7, 11) is -3.62. The van der Waals surface area contributed by atoms with Gasteiger partial charge in [-0.15, -0.1) is 0 Å². The van der Waals surface area contributed by atoms with Gasteiger partial charge in [0.2, 0.25) is 0 Å². The van der Waals surface area contributed by atoms with Gasteiger partial charge in [-0.05, 0) is 37.3 Å². The molecule has 0 atom stereocenters. The van der Waals surface area contributed by atoms with E-state index in [0.717, 1.165) is 19.1 Å². The van der Waals surface area contributed by atoms with E-state index in [2.05, 4.69) is 0 Å². The number of carbonyl (C=O) groups excluding carboxylic acids is 1. The van der Waals surface area contributed by atoms with E-state index in [-0.39, 0.29) is 16.3 Å². The predicted molar refractivity (Wildman–Crippen MR) is 87.3 cm³/mol. The largest absolute Gasteiger partial charge is 0.497 e. The van der Waals surface area contributed by atoms with Crippen molar-refractivity contribution < 1.29 is 35.3 Å². The zero-order chi connectivity index (χ0) is 19.7. The average molecular weight is 409 g/mol. The minimum atomic E-state index is -4.98. The molecule has 140 valence electrons. The summed E-state index contributed by atoms with van der Waals surface area (Å²) in [5.41, 5.74) is -1.60. The maximum absolute atomic E-state index is 13.2. The number of ether oxygens (including phenoxy) is 1. The Morgan fingerprint density at radius 2 is 1.77 bits per heavy atom. The number of alkyl halides is 3. The highest BCUT2D eigenvalue weighted by Gasteiger charge is 2.38. The number of ketones is 1. The van der Waals surface area contributed by atoms with E-state index >= 15 is 0 Å². The van der Waals surface area contributed by atoms with Crippen LogP contribution in [-0.4, -0.2) is 21.3 Å². The number of rotatable bonds is 5. The Labute approximate surface area is 152 Å². The van der Waals surface area contributed by atoms with E-state index in [1.807, 2.05) is 0 Å². The van der Waals surface area contributed by atoms with Crippen molar-refractivity contribution >= 4 is 27.5 Å². The Kier molecular flexibility index (Phi) is 5.52. The van der Waals surface area contributed by atoms with Gasteiger partial charge in [0.1, 0.15) is 10.6 Å². The number of benzene rings is 2. The summed E-state index contributed by atoms with van der Waals surface area (Å²) in [4.78, 5) is 10.5. The van der Waals surface area contributed by atoms with E-state index in [4.69, 9.17) is 20.5 Å². The second-order valence-electron chi connectivity index (χ2n) is 5.09. The molecule has 0 radical (unpaired) electrons. The molecule has 2 aromatic rings. The highest BCUT2D eigenvalue weighted by Crippen LogP contribution is 2.37. The first-order valence-electron chi connectivity index (χ1n) is 6.96. The second-order valence-corrected chi connectivity index (χ2v) is 7.05. The lowest BCUT2D eigenvalue weighted by Crippen LogP contribution is -2.18. The van der Waals surface area contributed by atoms with Crippen LogP contribution in [0.2, 0.25) is 5.02 Å². The van der Waals surface area contributed by atoms with E-state index < -0.39 is 38.3 Å². The molecule has 26 heavy (non-hydrogen) atoms. The highest BCUT2D eigenvalue weighted by atomic mass is 35.5. The average Bonchev–Trinajstić information content (AvgIpc) is 2.52. The summed E-state index contributed by atoms with van der Waals surface area (Å²) in [5.74, 6) is -0.822. The topological polar surface area (TPSA) is 69.7 Å². The number of Topliss-reactive ketones (excluding diaryl/α,β-unsaturated/α-hetero) is 1. The maximum atomic E-state index is 13.2. The van der Waals surface area contributed by atoms with E-state index in [9.17, 15) is 26.4 Å². The van der Waals surface area contributed by atoms with Crippen molar-refractivity contribution in [1.82, 2.24) is 0 Å². The van der Waals surface area contributed by atoms with Crippen LogP contribution in [0.5, 0.6) is 11.5 Å². The summed E-state index contributed by atoms with van der Waals surface area (Å²) in [5, 5.41) is -0.290. The van der Waals surface area contributed by atoms with Crippen LogP contribution in [-0.2, 0) is 16.3 Å². The lowest BCUT2D eigenvalue weighted by atomic mass is 10.1. The molecule has 0 spiro atoms. The lowest BCUT2D eigenvalue weighted by molar-refractivity contribution is -0.139. The molecule has 2 rings (SSSR count). The van der Waals surface area contributed by atoms with Crippen LogP contribution < -0.4 is 8.92 Å². The van der Waals surface area contributed by atoms with Crippen molar-refractivity contribution in [3.05, 3.63) is 52.5 Å². The molecule has 0 unspecified atom stereocenters. The third-order valence-electron chi connectivity index (χ3n) is 3.28. The zero-order valence-electron chi connectivity index (χ0n) is 13.4. The number of hydrogen-bond acceptors (Lipinski definition) is 5. The monoisotopic (exact) mass is 408 g/mol. The van der Waals surface area contributed by atoms with Gasteiger partial charge >= 0.3 is 16.3 Å². The van der Waals surface area contributed by atoms with Crippen molar-refractivity contribution in [2.24, 2.45) is 0 Å². The van der Waals surface area contributed by atoms with Crippen molar-refractivity contribution in [2.45, 2.75) is 18.0 Å². The zero-order valence-corrected chi connectivity index (χ0v) is 15.0. The molecule has 0 saturated carbocycles. The first-order valence-corrected chi connectivity index (χ1v) is 8.74. The number of hydrogen-bond donors (Lipinski definition) is 0. The normalized spacial score (nSPS) is 11.9. The van der Waals surface area contributed by atoms with Crippen LogP contribution in [0.4, 0.5) is 13.2 Å². The molecule has 0 heterocycles. The van der Waals surface area contributed by atoms with E-state index in [0.29, 0.717) is 12.1 Å². The molecule has 10 heteroatoms. The molecule has 0 aromatic heterocycles. The minimum Gasteiger partial charge on any atom is -0.497 e. The van der Waals surface area contributed by atoms with Crippen molar-refractivity contribution in [3.8, 4) is 11.5 Å². The fraction of sp³-hybridized carbons (Fsp3) is 0.188. The molecule has 0 saturated heterocycles. The molecule has 0 bridgehead atoms. The molecular formula is C16H12ClF3O5S. The molecule has 0 amide bonds. The minimum absolute atomic E-state index is 0.128. The smallest absolute Gasteiger partial charge is 0.417 e. The molecule has 0 N–H and O–H groups in total. The van der Waals surface area contributed by atoms with E-state index in [1.165, 1.54) is 19.2 Å². The Morgan fingerprint density at radius 3 is 2.31 bits per heavy atom. The molecule has 0 fully saturated rings. The first-order chi connectivity index (χ1) is 12.0. The molecular weight excluding hydrogens is 397 g/mol. The third kappa shape index (κ3) is 4.28. The predicted octanol–water partition coefficient (Wildman–Crippen LogP) is 4.34. The summed E-state index contributed by atoms with van der Waals surface area (Å²) in [6.45, 7) is 1.16.